The van der Waals surface area contributed by atoms with Crippen LogP contribution in [0.3, 0.4) is 0 Å². The second kappa shape index (κ2) is 7.79. The van der Waals surface area contributed by atoms with Gasteiger partial charge < -0.3 is 10.6 Å². The molecule has 0 fully saturated rings. The van der Waals surface area contributed by atoms with E-state index in [4.69, 9.17) is 0 Å². The predicted molar refractivity (Wildman–Crippen MR) is 104 cm³/mol. The first kappa shape index (κ1) is 18.5. The number of guanidine groups is 1. The molecular formula is C19H28N4S. The highest BCUT2D eigenvalue weighted by Crippen LogP contribution is 2.25. The van der Waals surface area contributed by atoms with Gasteiger partial charge in [0.05, 0.1) is 17.2 Å². The maximum absolute atomic E-state index is 4.47. The summed E-state index contributed by atoms with van der Waals surface area (Å²) in [4.78, 5) is 10.1. The van der Waals surface area contributed by atoms with E-state index in [2.05, 4.69) is 72.6 Å². The molecule has 24 heavy (non-hydrogen) atoms. The largest absolute Gasteiger partial charge is 0.356 e. The number of nitrogens with one attached hydrogen (secondary N) is 2. The minimum Gasteiger partial charge on any atom is -0.356 e. The summed E-state index contributed by atoms with van der Waals surface area (Å²) in [5.74, 6) is 0.821. The number of hydrogen-bond acceptors (Lipinski definition) is 3. The standard InChI is InChI=1S/C19H28N4S/c1-13-9-7-8-10-16(13)19(4,5)12-22-18(20-6)21-11-17-14(2)23-15(3)24-17/h7-10H,11-12H2,1-6H3,(H2,20,21,22). The van der Waals surface area contributed by atoms with E-state index < -0.39 is 0 Å². The maximum Gasteiger partial charge on any atom is 0.191 e. The van der Waals surface area contributed by atoms with Crippen LogP contribution in [-0.2, 0) is 12.0 Å². The van der Waals surface area contributed by atoms with Gasteiger partial charge in [-0.1, -0.05) is 38.1 Å². The molecule has 2 N–H and O–H groups in total. The van der Waals surface area contributed by atoms with Crippen molar-refractivity contribution < 1.29 is 0 Å². The van der Waals surface area contributed by atoms with Crippen LogP contribution in [0.15, 0.2) is 29.3 Å². The summed E-state index contributed by atoms with van der Waals surface area (Å²) >= 11 is 1.73. The zero-order valence-electron chi connectivity index (χ0n) is 15.5. The summed E-state index contributed by atoms with van der Waals surface area (Å²) in [6, 6.07) is 8.56. The number of hydrogen-bond donors (Lipinski definition) is 2. The van der Waals surface area contributed by atoms with Crippen LogP contribution in [0.1, 0.15) is 40.6 Å². The topological polar surface area (TPSA) is 49.3 Å². The van der Waals surface area contributed by atoms with Gasteiger partial charge in [0.2, 0.25) is 0 Å². The maximum atomic E-state index is 4.47. The smallest absolute Gasteiger partial charge is 0.191 e. The van der Waals surface area contributed by atoms with Crippen LogP contribution in [0.25, 0.3) is 0 Å². The predicted octanol–water partition coefficient (Wildman–Crippen LogP) is 3.71. The summed E-state index contributed by atoms with van der Waals surface area (Å²) < 4.78 is 0. The van der Waals surface area contributed by atoms with Gasteiger partial charge in [-0.2, -0.15) is 0 Å². The second-order valence-electron chi connectivity index (χ2n) is 6.72. The van der Waals surface area contributed by atoms with Gasteiger partial charge in [0, 0.05) is 23.9 Å². The second-order valence-corrected chi connectivity index (χ2v) is 8.01. The Hall–Kier alpha value is -1.88. The lowest BCUT2D eigenvalue weighted by atomic mass is 9.82. The highest BCUT2D eigenvalue weighted by Gasteiger charge is 2.22. The third-order valence-corrected chi connectivity index (χ3v) is 5.28. The highest BCUT2D eigenvalue weighted by molar-refractivity contribution is 7.11. The van der Waals surface area contributed by atoms with E-state index in [1.165, 1.54) is 16.0 Å². The molecule has 0 radical (unpaired) electrons. The number of aliphatic imine (C=N–C) groups is 1. The molecule has 0 aliphatic heterocycles. The first-order chi connectivity index (χ1) is 11.3. The Morgan fingerprint density at radius 1 is 1.17 bits per heavy atom. The van der Waals surface area contributed by atoms with Crippen LogP contribution in [0.5, 0.6) is 0 Å². The average Bonchev–Trinajstić information content (AvgIpc) is 2.85. The first-order valence-corrected chi connectivity index (χ1v) is 9.08. The van der Waals surface area contributed by atoms with Crippen LogP contribution in [0.4, 0.5) is 0 Å². The van der Waals surface area contributed by atoms with Crippen molar-refractivity contribution in [2.75, 3.05) is 13.6 Å². The van der Waals surface area contributed by atoms with Crippen molar-refractivity contribution >= 4 is 17.3 Å². The van der Waals surface area contributed by atoms with E-state index in [1.807, 2.05) is 6.92 Å². The molecule has 0 spiro atoms. The average molecular weight is 345 g/mol. The molecule has 2 aromatic rings. The number of thiazole rings is 1. The van der Waals surface area contributed by atoms with Crippen molar-refractivity contribution in [3.8, 4) is 0 Å². The Bertz CT molecular complexity index is 716. The van der Waals surface area contributed by atoms with E-state index in [1.54, 1.807) is 18.4 Å². The molecule has 5 heteroatoms. The molecule has 0 aliphatic carbocycles. The van der Waals surface area contributed by atoms with Crippen LogP contribution < -0.4 is 10.6 Å². The summed E-state index contributed by atoms with van der Waals surface area (Å²) in [6.45, 7) is 12.3. The lowest BCUT2D eigenvalue weighted by Gasteiger charge is -2.28. The van der Waals surface area contributed by atoms with Crippen LogP contribution in [0, 0.1) is 20.8 Å². The summed E-state index contributed by atoms with van der Waals surface area (Å²) in [7, 11) is 1.81. The molecule has 0 saturated carbocycles. The summed E-state index contributed by atoms with van der Waals surface area (Å²) in [6.07, 6.45) is 0. The van der Waals surface area contributed by atoms with Gasteiger partial charge in [-0.15, -0.1) is 11.3 Å². The van der Waals surface area contributed by atoms with E-state index in [9.17, 15) is 0 Å². The van der Waals surface area contributed by atoms with Gasteiger partial charge >= 0.3 is 0 Å². The van der Waals surface area contributed by atoms with Crippen molar-refractivity contribution in [2.24, 2.45) is 4.99 Å². The lowest BCUT2D eigenvalue weighted by molar-refractivity contribution is 0.506. The van der Waals surface area contributed by atoms with Crippen LogP contribution in [-0.4, -0.2) is 24.5 Å². The monoisotopic (exact) mass is 344 g/mol. The minimum atomic E-state index is 0.0277. The number of nitrogens with zero attached hydrogens (tertiary/aromatic N) is 2. The van der Waals surface area contributed by atoms with Crippen molar-refractivity contribution in [3.05, 3.63) is 51.0 Å². The van der Waals surface area contributed by atoms with Gasteiger partial charge in [0.25, 0.3) is 0 Å². The van der Waals surface area contributed by atoms with Crippen molar-refractivity contribution in [3.63, 3.8) is 0 Å². The molecule has 130 valence electrons. The van der Waals surface area contributed by atoms with Gasteiger partial charge in [-0.25, -0.2) is 4.98 Å². The quantitative estimate of drug-likeness (QED) is 0.642. The van der Waals surface area contributed by atoms with Crippen LogP contribution in [0.2, 0.25) is 0 Å². The molecule has 1 aromatic carbocycles. The third kappa shape index (κ3) is 4.57. The normalized spacial score (nSPS) is 12.3. The fourth-order valence-electron chi connectivity index (χ4n) is 2.85. The van der Waals surface area contributed by atoms with E-state index in [-0.39, 0.29) is 5.41 Å². The number of benzene rings is 1. The van der Waals surface area contributed by atoms with Gasteiger partial charge in [-0.3, -0.25) is 4.99 Å². The van der Waals surface area contributed by atoms with Crippen molar-refractivity contribution in [2.45, 2.75) is 46.6 Å². The first-order valence-electron chi connectivity index (χ1n) is 8.27. The van der Waals surface area contributed by atoms with Crippen molar-refractivity contribution in [1.29, 1.82) is 0 Å². The van der Waals surface area contributed by atoms with E-state index in [0.29, 0.717) is 0 Å². The van der Waals surface area contributed by atoms with Gasteiger partial charge in [0.15, 0.2) is 5.96 Å². The molecule has 0 saturated heterocycles. The molecular weight excluding hydrogens is 316 g/mol. The Labute approximate surface area is 149 Å². The van der Waals surface area contributed by atoms with Crippen LogP contribution >= 0.6 is 11.3 Å². The van der Waals surface area contributed by atoms with Crippen molar-refractivity contribution in [1.82, 2.24) is 15.6 Å². The SMILES string of the molecule is CN=C(NCc1sc(C)nc1C)NCC(C)(C)c1ccccc1C. The molecule has 1 aromatic heterocycles. The Morgan fingerprint density at radius 3 is 2.46 bits per heavy atom. The lowest BCUT2D eigenvalue weighted by Crippen LogP contribution is -2.43. The van der Waals surface area contributed by atoms with E-state index >= 15 is 0 Å². The zero-order valence-corrected chi connectivity index (χ0v) is 16.3. The number of aryl methyl sites for hydroxylation is 3. The third-order valence-electron chi connectivity index (χ3n) is 4.21. The fraction of sp³-hybridized carbons (Fsp3) is 0.474. The summed E-state index contributed by atoms with van der Waals surface area (Å²) in [5, 5.41) is 7.95. The van der Waals surface area contributed by atoms with Gasteiger partial charge in [0.1, 0.15) is 0 Å². The molecule has 4 nitrogen and oxygen atoms in total. The minimum absolute atomic E-state index is 0.0277. The Kier molecular flexibility index (Phi) is 5.99. The molecule has 2 rings (SSSR count). The fourth-order valence-corrected chi connectivity index (χ4v) is 3.73. The molecule has 0 atom stereocenters. The highest BCUT2D eigenvalue weighted by atomic mass is 32.1. The van der Waals surface area contributed by atoms with E-state index in [0.717, 1.165) is 29.8 Å². The number of aromatic nitrogens is 1. The Balaban J connectivity index is 1.96. The molecule has 0 aliphatic rings. The molecule has 0 amide bonds. The molecule has 0 unspecified atom stereocenters. The molecule has 0 bridgehead atoms. The molecule has 1 heterocycles. The Morgan fingerprint density at radius 2 is 1.88 bits per heavy atom. The number of rotatable bonds is 5. The zero-order chi connectivity index (χ0) is 17.7. The van der Waals surface area contributed by atoms with Gasteiger partial charge in [-0.05, 0) is 31.9 Å². The summed E-state index contributed by atoms with van der Waals surface area (Å²) in [5.41, 5.74) is 3.81.